The summed E-state index contributed by atoms with van der Waals surface area (Å²) in [4.78, 5) is 12.0. The molecule has 0 aliphatic heterocycles. The predicted molar refractivity (Wildman–Crippen MR) is 80.2 cm³/mol. The van der Waals surface area contributed by atoms with E-state index in [9.17, 15) is 4.79 Å². The summed E-state index contributed by atoms with van der Waals surface area (Å²) in [5.41, 5.74) is 0.711. The molecule has 2 N–H and O–H groups in total. The van der Waals surface area contributed by atoms with Crippen molar-refractivity contribution in [1.82, 2.24) is 15.1 Å². The molecule has 1 aromatic rings. The third-order valence-corrected chi connectivity index (χ3v) is 2.80. The number of amides is 1. The SMILES string of the molecule is CC(CO)CNC(=O)c1ccnn1/C=C/CC(C)(C)C. The van der Waals surface area contributed by atoms with Crippen LogP contribution in [0.3, 0.4) is 0 Å². The second-order valence-corrected chi connectivity index (χ2v) is 6.31. The highest BCUT2D eigenvalue weighted by atomic mass is 16.3. The lowest BCUT2D eigenvalue weighted by atomic mass is 9.92. The molecule has 1 unspecified atom stereocenters. The fraction of sp³-hybridized carbons (Fsp3) is 0.600. The van der Waals surface area contributed by atoms with Crippen LogP contribution in [0, 0.1) is 11.3 Å². The van der Waals surface area contributed by atoms with E-state index < -0.39 is 0 Å². The van der Waals surface area contributed by atoms with Crippen LogP contribution in [0.25, 0.3) is 6.20 Å². The summed E-state index contributed by atoms with van der Waals surface area (Å²) < 4.78 is 1.57. The summed E-state index contributed by atoms with van der Waals surface area (Å²) in [5, 5.41) is 15.9. The zero-order valence-electron chi connectivity index (χ0n) is 12.8. The minimum absolute atomic E-state index is 0.0479. The number of aliphatic hydroxyl groups is 1. The Morgan fingerprint density at radius 1 is 1.55 bits per heavy atom. The van der Waals surface area contributed by atoms with E-state index in [1.54, 1.807) is 16.9 Å². The number of nitrogens with zero attached hydrogens (tertiary/aromatic N) is 2. The fourth-order valence-corrected chi connectivity index (χ4v) is 1.54. The summed E-state index contributed by atoms with van der Waals surface area (Å²) in [6, 6.07) is 1.68. The van der Waals surface area contributed by atoms with E-state index in [0.29, 0.717) is 12.2 Å². The van der Waals surface area contributed by atoms with Crippen LogP contribution < -0.4 is 5.32 Å². The Morgan fingerprint density at radius 2 is 2.25 bits per heavy atom. The number of hydrogen-bond donors (Lipinski definition) is 2. The molecular formula is C15H25N3O2. The zero-order chi connectivity index (χ0) is 15.2. The van der Waals surface area contributed by atoms with Gasteiger partial charge in [-0.2, -0.15) is 5.10 Å². The van der Waals surface area contributed by atoms with Crippen molar-refractivity contribution in [3.05, 3.63) is 24.0 Å². The van der Waals surface area contributed by atoms with Crippen molar-refractivity contribution in [2.75, 3.05) is 13.2 Å². The molecule has 5 heteroatoms. The van der Waals surface area contributed by atoms with Crippen LogP contribution >= 0.6 is 0 Å². The highest BCUT2D eigenvalue weighted by Crippen LogP contribution is 2.18. The Bertz CT molecular complexity index is 458. The molecule has 0 saturated carbocycles. The Balaban J connectivity index is 2.64. The number of allylic oxidation sites excluding steroid dienone is 1. The number of aliphatic hydroxyl groups excluding tert-OH is 1. The molecule has 1 heterocycles. The van der Waals surface area contributed by atoms with Crippen LogP contribution in [0.2, 0.25) is 0 Å². The number of carbonyl (C=O) groups excluding carboxylic acids is 1. The van der Waals surface area contributed by atoms with Crippen LogP contribution in [0.15, 0.2) is 18.3 Å². The van der Waals surface area contributed by atoms with E-state index in [0.717, 1.165) is 6.42 Å². The number of aromatic nitrogens is 2. The van der Waals surface area contributed by atoms with E-state index in [4.69, 9.17) is 5.11 Å². The van der Waals surface area contributed by atoms with Crippen LogP contribution in [0.1, 0.15) is 44.6 Å². The lowest BCUT2D eigenvalue weighted by molar-refractivity contribution is 0.0935. The summed E-state index contributed by atoms with van der Waals surface area (Å²) in [5.74, 6) is -0.130. The highest BCUT2D eigenvalue weighted by Gasteiger charge is 2.12. The Hall–Kier alpha value is -1.62. The molecule has 1 aromatic heterocycles. The first-order valence-electron chi connectivity index (χ1n) is 6.92. The van der Waals surface area contributed by atoms with Gasteiger partial charge in [0.05, 0.1) is 6.20 Å². The molecule has 20 heavy (non-hydrogen) atoms. The van der Waals surface area contributed by atoms with Crippen molar-refractivity contribution in [2.45, 2.75) is 34.1 Å². The van der Waals surface area contributed by atoms with Crippen molar-refractivity contribution in [3.8, 4) is 0 Å². The van der Waals surface area contributed by atoms with Gasteiger partial charge in [-0.3, -0.25) is 4.79 Å². The molecule has 0 aromatic carbocycles. The van der Waals surface area contributed by atoms with Crippen molar-refractivity contribution in [2.24, 2.45) is 11.3 Å². The third-order valence-electron chi connectivity index (χ3n) is 2.80. The maximum Gasteiger partial charge on any atom is 0.270 e. The van der Waals surface area contributed by atoms with E-state index in [-0.39, 0.29) is 23.8 Å². The van der Waals surface area contributed by atoms with Crippen LogP contribution in [-0.2, 0) is 0 Å². The normalized spacial score (nSPS) is 13.7. The molecule has 5 nitrogen and oxygen atoms in total. The first kappa shape index (κ1) is 16.4. The van der Waals surface area contributed by atoms with Crippen molar-refractivity contribution < 1.29 is 9.90 Å². The number of carbonyl (C=O) groups is 1. The summed E-state index contributed by atoms with van der Waals surface area (Å²) >= 11 is 0. The standard InChI is InChI=1S/C15H25N3O2/c1-12(11-19)10-16-14(20)13-6-8-17-18(13)9-5-7-15(2,3)4/h5-6,8-9,12,19H,7,10-11H2,1-4H3,(H,16,20)/b9-5+. The van der Waals surface area contributed by atoms with Crippen molar-refractivity contribution in [3.63, 3.8) is 0 Å². The molecule has 0 bridgehead atoms. The van der Waals surface area contributed by atoms with E-state index in [1.807, 2.05) is 19.2 Å². The summed E-state index contributed by atoms with van der Waals surface area (Å²) in [6.07, 6.45) is 6.34. The quantitative estimate of drug-likeness (QED) is 0.838. The van der Waals surface area contributed by atoms with Gasteiger partial charge < -0.3 is 10.4 Å². The van der Waals surface area contributed by atoms with E-state index >= 15 is 0 Å². The molecule has 0 aliphatic rings. The monoisotopic (exact) mass is 279 g/mol. The van der Waals surface area contributed by atoms with Gasteiger partial charge in [0.15, 0.2) is 0 Å². The molecule has 1 rings (SSSR count). The van der Waals surface area contributed by atoms with Gasteiger partial charge in [-0.1, -0.05) is 33.8 Å². The van der Waals surface area contributed by atoms with Gasteiger partial charge in [-0.05, 0) is 23.8 Å². The Morgan fingerprint density at radius 3 is 2.85 bits per heavy atom. The van der Waals surface area contributed by atoms with E-state index in [2.05, 4.69) is 31.2 Å². The fourth-order valence-electron chi connectivity index (χ4n) is 1.54. The van der Waals surface area contributed by atoms with Gasteiger partial charge >= 0.3 is 0 Å². The molecule has 0 spiro atoms. The van der Waals surface area contributed by atoms with Crippen molar-refractivity contribution in [1.29, 1.82) is 0 Å². The zero-order valence-corrected chi connectivity index (χ0v) is 12.8. The molecule has 0 saturated heterocycles. The van der Waals surface area contributed by atoms with Gasteiger partial charge in [-0.15, -0.1) is 0 Å². The lowest BCUT2D eigenvalue weighted by Crippen LogP contribution is -2.30. The first-order chi connectivity index (χ1) is 9.33. The van der Waals surface area contributed by atoms with Gasteiger partial charge in [0.2, 0.25) is 0 Å². The summed E-state index contributed by atoms with van der Waals surface area (Å²) in [6.45, 7) is 8.86. The second kappa shape index (κ2) is 7.24. The van der Waals surface area contributed by atoms with Gasteiger partial charge in [-0.25, -0.2) is 4.68 Å². The molecular weight excluding hydrogens is 254 g/mol. The molecule has 112 valence electrons. The van der Waals surface area contributed by atoms with Gasteiger partial charge in [0.25, 0.3) is 5.91 Å². The van der Waals surface area contributed by atoms with Gasteiger partial charge in [0, 0.05) is 19.4 Å². The topological polar surface area (TPSA) is 67.2 Å². The van der Waals surface area contributed by atoms with E-state index in [1.165, 1.54) is 0 Å². The number of hydrogen-bond acceptors (Lipinski definition) is 3. The minimum atomic E-state index is -0.178. The maximum atomic E-state index is 12.0. The third kappa shape index (κ3) is 5.57. The summed E-state index contributed by atoms with van der Waals surface area (Å²) in [7, 11) is 0. The number of rotatable bonds is 6. The average Bonchev–Trinajstić information content (AvgIpc) is 2.82. The molecule has 0 radical (unpaired) electrons. The molecule has 1 amide bonds. The van der Waals surface area contributed by atoms with Crippen LogP contribution in [0.4, 0.5) is 0 Å². The number of nitrogens with one attached hydrogen (secondary N) is 1. The molecule has 0 aliphatic carbocycles. The second-order valence-electron chi connectivity index (χ2n) is 6.31. The first-order valence-corrected chi connectivity index (χ1v) is 6.92. The molecule has 1 atom stereocenters. The lowest BCUT2D eigenvalue weighted by Gasteiger charge is -2.14. The maximum absolute atomic E-state index is 12.0. The van der Waals surface area contributed by atoms with Crippen LogP contribution in [0.5, 0.6) is 0 Å². The van der Waals surface area contributed by atoms with Gasteiger partial charge in [0.1, 0.15) is 5.69 Å². The molecule has 0 fully saturated rings. The Labute approximate surface area is 120 Å². The van der Waals surface area contributed by atoms with Crippen LogP contribution in [-0.4, -0.2) is 33.9 Å². The largest absolute Gasteiger partial charge is 0.396 e. The highest BCUT2D eigenvalue weighted by molar-refractivity contribution is 5.93. The smallest absolute Gasteiger partial charge is 0.270 e. The Kier molecular flexibility index (Phi) is 5.95. The van der Waals surface area contributed by atoms with Crippen molar-refractivity contribution >= 4 is 12.1 Å². The predicted octanol–water partition coefficient (Wildman–Crippen LogP) is 2.15. The average molecular weight is 279 g/mol. The minimum Gasteiger partial charge on any atom is -0.396 e.